The van der Waals surface area contributed by atoms with Gasteiger partial charge < -0.3 is 9.30 Å². The van der Waals surface area contributed by atoms with Crippen molar-refractivity contribution in [2.24, 2.45) is 5.92 Å². The first kappa shape index (κ1) is 13.2. The van der Waals surface area contributed by atoms with Crippen LogP contribution >= 0.6 is 0 Å². The van der Waals surface area contributed by atoms with Gasteiger partial charge in [0.15, 0.2) is 17.2 Å². The zero-order valence-electron chi connectivity index (χ0n) is 12.3. The van der Waals surface area contributed by atoms with Gasteiger partial charge in [0, 0.05) is 18.3 Å². The Kier molecular flexibility index (Phi) is 3.06. The molecular formula is C17H16FN3O. The van der Waals surface area contributed by atoms with E-state index in [1.807, 2.05) is 18.5 Å². The summed E-state index contributed by atoms with van der Waals surface area (Å²) < 4.78 is 21.0. The summed E-state index contributed by atoms with van der Waals surface area (Å²) >= 11 is 0. The first-order chi connectivity index (χ1) is 10.7. The van der Waals surface area contributed by atoms with Gasteiger partial charge in [-0.2, -0.15) is 0 Å². The van der Waals surface area contributed by atoms with Crippen LogP contribution in [0.4, 0.5) is 4.39 Å². The Morgan fingerprint density at radius 1 is 1.23 bits per heavy atom. The highest BCUT2D eigenvalue weighted by Gasteiger charge is 2.22. The number of benzene rings is 1. The van der Waals surface area contributed by atoms with E-state index in [-0.39, 0.29) is 11.6 Å². The second-order valence-corrected chi connectivity index (χ2v) is 5.76. The van der Waals surface area contributed by atoms with E-state index in [4.69, 9.17) is 4.74 Å². The van der Waals surface area contributed by atoms with Crippen LogP contribution in [0.2, 0.25) is 0 Å². The van der Waals surface area contributed by atoms with Gasteiger partial charge in [0.2, 0.25) is 0 Å². The van der Waals surface area contributed by atoms with Gasteiger partial charge in [0.25, 0.3) is 0 Å². The molecule has 4 rings (SSSR count). The molecule has 0 saturated heterocycles. The molecule has 1 aliphatic rings. The number of hydrogen-bond acceptors (Lipinski definition) is 3. The fourth-order valence-electron chi connectivity index (χ4n) is 2.67. The number of aromatic nitrogens is 3. The van der Waals surface area contributed by atoms with Crippen LogP contribution in [0.25, 0.3) is 22.3 Å². The molecule has 0 spiro atoms. The Morgan fingerprint density at radius 3 is 2.82 bits per heavy atom. The third kappa shape index (κ3) is 2.32. The average molecular weight is 297 g/mol. The maximum absolute atomic E-state index is 13.9. The topological polar surface area (TPSA) is 39.9 Å². The van der Waals surface area contributed by atoms with Crippen LogP contribution in [0.3, 0.4) is 0 Å². The molecule has 0 N–H and O–H groups in total. The van der Waals surface area contributed by atoms with Gasteiger partial charge in [-0.3, -0.25) is 0 Å². The van der Waals surface area contributed by atoms with Crippen molar-refractivity contribution in [3.8, 4) is 16.9 Å². The maximum atomic E-state index is 13.9. The molecule has 1 fully saturated rings. The molecule has 5 heteroatoms. The van der Waals surface area contributed by atoms with E-state index < -0.39 is 0 Å². The number of pyridine rings is 1. The third-order valence-corrected chi connectivity index (χ3v) is 4.11. The Hall–Kier alpha value is -2.43. The van der Waals surface area contributed by atoms with Crippen molar-refractivity contribution >= 4 is 11.2 Å². The summed E-state index contributed by atoms with van der Waals surface area (Å²) in [6, 6.07) is 6.98. The summed E-state index contributed by atoms with van der Waals surface area (Å²) in [7, 11) is 1.46. The molecule has 1 saturated carbocycles. The fourth-order valence-corrected chi connectivity index (χ4v) is 2.67. The molecule has 0 aliphatic heterocycles. The highest BCUT2D eigenvalue weighted by molar-refractivity contribution is 5.78. The highest BCUT2D eigenvalue weighted by Crippen LogP contribution is 2.32. The van der Waals surface area contributed by atoms with Crippen molar-refractivity contribution < 1.29 is 9.13 Å². The molecule has 0 radical (unpaired) electrons. The largest absolute Gasteiger partial charge is 0.494 e. The molecule has 0 amide bonds. The average Bonchev–Trinajstić information content (AvgIpc) is 3.27. The molecule has 1 aromatic carbocycles. The van der Waals surface area contributed by atoms with Gasteiger partial charge in [-0.05, 0) is 42.5 Å². The number of hydrogen-bond donors (Lipinski definition) is 0. The number of rotatable bonds is 4. The molecule has 2 heterocycles. The molecule has 3 aromatic rings. The molecule has 4 nitrogen and oxygen atoms in total. The molecule has 22 heavy (non-hydrogen) atoms. The first-order valence-corrected chi connectivity index (χ1v) is 7.39. The predicted octanol–water partition coefficient (Wildman–Crippen LogP) is 3.66. The summed E-state index contributed by atoms with van der Waals surface area (Å²) in [6.07, 6.45) is 6.15. The molecule has 1 aliphatic carbocycles. The molecule has 0 atom stereocenters. The number of halogens is 1. The Bertz CT molecular complexity index is 839. The predicted molar refractivity (Wildman–Crippen MR) is 82.2 cm³/mol. The SMILES string of the molecule is COc1ccc(-c2cnc3ncn(CC4CC4)c3c2)cc1F. The molecule has 0 unspecified atom stereocenters. The molecule has 112 valence electrons. The van der Waals surface area contributed by atoms with Gasteiger partial charge in [-0.1, -0.05) is 6.07 Å². The van der Waals surface area contributed by atoms with Crippen LogP contribution in [0.15, 0.2) is 36.8 Å². The lowest BCUT2D eigenvalue weighted by atomic mass is 10.1. The van der Waals surface area contributed by atoms with Crippen molar-refractivity contribution in [1.29, 1.82) is 0 Å². The lowest BCUT2D eigenvalue weighted by Crippen LogP contribution is -1.98. The van der Waals surface area contributed by atoms with Crippen molar-refractivity contribution in [1.82, 2.24) is 14.5 Å². The zero-order chi connectivity index (χ0) is 15.1. The van der Waals surface area contributed by atoms with Gasteiger partial charge in [0.05, 0.1) is 19.0 Å². The first-order valence-electron chi connectivity index (χ1n) is 7.39. The highest BCUT2D eigenvalue weighted by atomic mass is 19.1. The van der Waals surface area contributed by atoms with E-state index in [1.54, 1.807) is 12.3 Å². The molecule has 2 aromatic heterocycles. The standard InChI is InChI=1S/C17H16FN3O/c1-22-16-5-4-12(6-14(16)18)13-7-15-17(19-8-13)20-10-21(15)9-11-2-3-11/h4-8,10-11H,2-3,9H2,1H3. The number of ether oxygens (including phenoxy) is 1. The lowest BCUT2D eigenvalue weighted by Gasteiger charge is -2.07. The maximum Gasteiger partial charge on any atom is 0.177 e. The van der Waals surface area contributed by atoms with Gasteiger partial charge in [-0.25, -0.2) is 14.4 Å². The summed E-state index contributed by atoms with van der Waals surface area (Å²) in [5.74, 6) is 0.641. The fraction of sp³-hybridized carbons (Fsp3) is 0.294. The van der Waals surface area contributed by atoms with Crippen LogP contribution in [0.1, 0.15) is 12.8 Å². The van der Waals surface area contributed by atoms with Gasteiger partial charge >= 0.3 is 0 Å². The zero-order valence-corrected chi connectivity index (χ0v) is 12.3. The third-order valence-electron chi connectivity index (χ3n) is 4.11. The van der Waals surface area contributed by atoms with E-state index in [0.29, 0.717) is 0 Å². The second kappa shape index (κ2) is 5.09. The van der Waals surface area contributed by atoms with Crippen LogP contribution in [-0.2, 0) is 6.54 Å². The van der Waals surface area contributed by atoms with Crippen LogP contribution in [0, 0.1) is 11.7 Å². The summed E-state index contributed by atoms with van der Waals surface area (Å²) in [4.78, 5) is 8.73. The Labute approximate surface area is 127 Å². The van der Waals surface area contributed by atoms with E-state index in [2.05, 4.69) is 14.5 Å². The number of imidazole rings is 1. The minimum atomic E-state index is -0.369. The van der Waals surface area contributed by atoms with E-state index in [0.717, 1.165) is 34.8 Å². The minimum Gasteiger partial charge on any atom is -0.494 e. The Morgan fingerprint density at radius 2 is 2.09 bits per heavy atom. The summed E-state index contributed by atoms with van der Waals surface area (Å²) in [5.41, 5.74) is 3.40. The Balaban J connectivity index is 1.76. The van der Waals surface area contributed by atoms with Crippen molar-refractivity contribution in [2.45, 2.75) is 19.4 Å². The molecular weight excluding hydrogens is 281 g/mol. The van der Waals surface area contributed by atoms with Crippen molar-refractivity contribution in [2.75, 3.05) is 7.11 Å². The van der Waals surface area contributed by atoms with E-state index in [9.17, 15) is 4.39 Å². The quantitative estimate of drug-likeness (QED) is 0.738. The van der Waals surface area contributed by atoms with Crippen molar-refractivity contribution in [3.63, 3.8) is 0 Å². The number of methoxy groups -OCH3 is 1. The lowest BCUT2D eigenvalue weighted by molar-refractivity contribution is 0.386. The van der Waals surface area contributed by atoms with Gasteiger partial charge in [-0.15, -0.1) is 0 Å². The monoisotopic (exact) mass is 297 g/mol. The van der Waals surface area contributed by atoms with E-state index >= 15 is 0 Å². The van der Waals surface area contributed by atoms with Crippen LogP contribution < -0.4 is 4.74 Å². The van der Waals surface area contributed by atoms with E-state index in [1.165, 1.54) is 26.0 Å². The number of nitrogens with zero attached hydrogens (tertiary/aromatic N) is 3. The second-order valence-electron chi connectivity index (χ2n) is 5.76. The summed E-state index contributed by atoms with van der Waals surface area (Å²) in [6.45, 7) is 0.985. The van der Waals surface area contributed by atoms with Crippen LogP contribution in [-0.4, -0.2) is 21.6 Å². The normalized spacial score (nSPS) is 14.5. The summed E-state index contributed by atoms with van der Waals surface area (Å²) in [5, 5.41) is 0. The van der Waals surface area contributed by atoms with Crippen molar-refractivity contribution in [3.05, 3.63) is 42.6 Å². The van der Waals surface area contributed by atoms with Crippen LogP contribution in [0.5, 0.6) is 5.75 Å². The van der Waals surface area contributed by atoms with Gasteiger partial charge in [0.1, 0.15) is 0 Å². The smallest absolute Gasteiger partial charge is 0.177 e. The minimum absolute atomic E-state index is 0.247. The molecule has 0 bridgehead atoms. The number of fused-ring (bicyclic) bond motifs is 1.